The van der Waals surface area contributed by atoms with Gasteiger partial charge >= 0.3 is 0 Å². The van der Waals surface area contributed by atoms with Crippen LogP contribution in [-0.4, -0.2) is 17.3 Å². The van der Waals surface area contributed by atoms with Gasteiger partial charge in [-0.1, -0.05) is 12.1 Å². The molecule has 0 unspecified atom stereocenters. The van der Waals surface area contributed by atoms with Crippen LogP contribution in [-0.2, 0) is 6.54 Å². The van der Waals surface area contributed by atoms with Crippen LogP contribution in [0.4, 0.5) is 5.69 Å². The lowest BCUT2D eigenvalue weighted by Gasteiger charge is -2.07. The summed E-state index contributed by atoms with van der Waals surface area (Å²) in [7, 11) is 1.67. The number of nitrogens with one attached hydrogen (secondary N) is 2. The first kappa shape index (κ1) is 11.6. The highest BCUT2D eigenvalue weighted by molar-refractivity contribution is 5.81. The summed E-state index contributed by atoms with van der Waals surface area (Å²) in [6.07, 6.45) is 1.83. The van der Waals surface area contributed by atoms with Crippen molar-refractivity contribution in [2.45, 2.75) is 6.54 Å². The van der Waals surface area contributed by atoms with Crippen molar-refractivity contribution in [2.75, 3.05) is 12.4 Å². The van der Waals surface area contributed by atoms with Gasteiger partial charge in [-0.15, -0.1) is 0 Å². The van der Waals surface area contributed by atoms with E-state index in [0.29, 0.717) is 0 Å². The lowest BCUT2D eigenvalue weighted by molar-refractivity contribution is 0.414. The van der Waals surface area contributed by atoms with Crippen LogP contribution in [0.25, 0.3) is 10.9 Å². The molecule has 0 saturated carbocycles. The van der Waals surface area contributed by atoms with E-state index < -0.39 is 0 Å². The van der Waals surface area contributed by atoms with E-state index in [2.05, 4.69) is 33.7 Å². The van der Waals surface area contributed by atoms with Gasteiger partial charge in [0, 0.05) is 17.6 Å². The zero-order valence-electron chi connectivity index (χ0n) is 10.7. The maximum atomic E-state index is 5.14. The number of hydrogen-bond donors (Lipinski definition) is 2. The number of methoxy groups -OCH3 is 1. The molecule has 0 bridgehead atoms. The summed E-state index contributed by atoms with van der Waals surface area (Å²) in [6.45, 7) is 0.785. The Hall–Kier alpha value is -2.49. The molecule has 0 aliphatic rings. The van der Waals surface area contributed by atoms with Gasteiger partial charge in [0.2, 0.25) is 0 Å². The Bertz CT molecular complexity index is 673. The first-order valence-electron chi connectivity index (χ1n) is 6.15. The number of H-pyrrole nitrogens is 1. The number of anilines is 1. The molecule has 0 aliphatic heterocycles. The topological polar surface area (TPSA) is 49.9 Å². The molecule has 0 atom stereocenters. The fourth-order valence-corrected chi connectivity index (χ4v) is 2.00. The van der Waals surface area contributed by atoms with Crippen LogP contribution in [0.2, 0.25) is 0 Å². The third kappa shape index (κ3) is 2.52. The van der Waals surface area contributed by atoms with Gasteiger partial charge in [-0.2, -0.15) is 5.10 Å². The monoisotopic (exact) mass is 253 g/mol. The number of benzene rings is 2. The molecule has 0 spiro atoms. The lowest BCUT2D eigenvalue weighted by Crippen LogP contribution is -1.99. The molecule has 0 fully saturated rings. The smallest absolute Gasteiger partial charge is 0.118 e. The second kappa shape index (κ2) is 5.02. The lowest BCUT2D eigenvalue weighted by atomic mass is 10.2. The summed E-state index contributed by atoms with van der Waals surface area (Å²) in [5, 5.41) is 11.5. The van der Waals surface area contributed by atoms with E-state index in [0.717, 1.165) is 28.9 Å². The Morgan fingerprint density at radius 2 is 2.00 bits per heavy atom. The number of aromatic nitrogens is 2. The minimum Gasteiger partial charge on any atom is -0.497 e. The van der Waals surface area contributed by atoms with Crippen molar-refractivity contribution in [2.24, 2.45) is 0 Å². The average Bonchev–Trinajstić information content (AvgIpc) is 2.93. The SMILES string of the molecule is COc1ccc(CNc2ccc3[nH]ncc3c2)cc1. The summed E-state index contributed by atoms with van der Waals surface area (Å²) >= 11 is 0. The van der Waals surface area contributed by atoms with E-state index in [1.54, 1.807) is 7.11 Å². The fourth-order valence-electron chi connectivity index (χ4n) is 2.00. The van der Waals surface area contributed by atoms with Gasteiger partial charge in [0.15, 0.2) is 0 Å². The third-order valence-corrected chi connectivity index (χ3v) is 3.10. The summed E-state index contributed by atoms with van der Waals surface area (Å²) in [4.78, 5) is 0. The molecule has 4 nitrogen and oxygen atoms in total. The average molecular weight is 253 g/mol. The molecule has 2 aromatic carbocycles. The minimum absolute atomic E-state index is 0.785. The number of aromatic amines is 1. The maximum absolute atomic E-state index is 5.14. The van der Waals surface area contributed by atoms with Crippen LogP contribution in [0.1, 0.15) is 5.56 Å². The van der Waals surface area contributed by atoms with Gasteiger partial charge in [-0.05, 0) is 35.9 Å². The van der Waals surface area contributed by atoms with E-state index in [1.165, 1.54) is 5.56 Å². The van der Waals surface area contributed by atoms with Gasteiger partial charge in [0.05, 0.1) is 18.8 Å². The van der Waals surface area contributed by atoms with Crippen molar-refractivity contribution < 1.29 is 4.74 Å². The quantitative estimate of drug-likeness (QED) is 0.750. The number of nitrogens with zero attached hydrogens (tertiary/aromatic N) is 1. The molecule has 0 amide bonds. The van der Waals surface area contributed by atoms with Crippen LogP contribution < -0.4 is 10.1 Å². The van der Waals surface area contributed by atoms with Crippen LogP contribution in [0.5, 0.6) is 5.75 Å². The Morgan fingerprint density at radius 3 is 2.79 bits per heavy atom. The standard InChI is InChI=1S/C15H15N3O/c1-19-14-5-2-11(3-6-14)9-16-13-4-7-15-12(8-13)10-17-18-15/h2-8,10,16H,9H2,1H3,(H,17,18). The molecule has 3 rings (SSSR count). The summed E-state index contributed by atoms with van der Waals surface area (Å²) < 4.78 is 5.14. The van der Waals surface area contributed by atoms with Gasteiger partial charge < -0.3 is 10.1 Å². The second-order valence-electron chi connectivity index (χ2n) is 4.37. The second-order valence-corrected chi connectivity index (χ2v) is 4.37. The van der Waals surface area contributed by atoms with E-state index in [-0.39, 0.29) is 0 Å². The zero-order valence-corrected chi connectivity index (χ0v) is 10.7. The summed E-state index contributed by atoms with van der Waals surface area (Å²) in [6, 6.07) is 14.2. The molecule has 0 aliphatic carbocycles. The van der Waals surface area contributed by atoms with Crippen LogP contribution in [0, 0.1) is 0 Å². The number of ether oxygens (including phenoxy) is 1. The Labute approximate surface area is 111 Å². The number of rotatable bonds is 4. The van der Waals surface area contributed by atoms with Crippen molar-refractivity contribution in [3.05, 3.63) is 54.2 Å². The largest absolute Gasteiger partial charge is 0.497 e. The van der Waals surface area contributed by atoms with Gasteiger partial charge in [0.25, 0.3) is 0 Å². The molecule has 1 aromatic heterocycles. The molecular weight excluding hydrogens is 238 g/mol. The Morgan fingerprint density at radius 1 is 1.16 bits per heavy atom. The van der Waals surface area contributed by atoms with Crippen molar-refractivity contribution >= 4 is 16.6 Å². The number of hydrogen-bond acceptors (Lipinski definition) is 3. The van der Waals surface area contributed by atoms with E-state index in [1.807, 2.05) is 30.5 Å². The third-order valence-electron chi connectivity index (χ3n) is 3.10. The predicted octanol–water partition coefficient (Wildman–Crippen LogP) is 3.18. The summed E-state index contributed by atoms with van der Waals surface area (Å²) in [5.41, 5.74) is 3.35. The van der Waals surface area contributed by atoms with Gasteiger partial charge in [-0.3, -0.25) is 5.10 Å². The minimum atomic E-state index is 0.785. The molecule has 1 heterocycles. The maximum Gasteiger partial charge on any atom is 0.118 e. The molecule has 4 heteroatoms. The van der Waals surface area contributed by atoms with E-state index in [9.17, 15) is 0 Å². The normalized spacial score (nSPS) is 10.6. The highest BCUT2D eigenvalue weighted by Crippen LogP contribution is 2.18. The highest BCUT2D eigenvalue weighted by Gasteiger charge is 1.98. The van der Waals surface area contributed by atoms with Crippen molar-refractivity contribution in [3.63, 3.8) is 0 Å². The molecule has 19 heavy (non-hydrogen) atoms. The molecule has 96 valence electrons. The molecule has 2 N–H and O–H groups in total. The van der Waals surface area contributed by atoms with Crippen molar-refractivity contribution in [3.8, 4) is 5.75 Å². The van der Waals surface area contributed by atoms with Gasteiger partial charge in [0.1, 0.15) is 5.75 Å². The van der Waals surface area contributed by atoms with E-state index in [4.69, 9.17) is 4.74 Å². The first-order valence-corrected chi connectivity index (χ1v) is 6.15. The van der Waals surface area contributed by atoms with Crippen LogP contribution in [0.15, 0.2) is 48.7 Å². The molecule has 3 aromatic rings. The number of fused-ring (bicyclic) bond motifs is 1. The Kier molecular flexibility index (Phi) is 3.06. The zero-order chi connectivity index (χ0) is 13.1. The summed E-state index contributed by atoms with van der Waals surface area (Å²) in [5.74, 6) is 0.878. The highest BCUT2D eigenvalue weighted by atomic mass is 16.5. The molecular formula is C15H15N3O. The van der Waals surface area contributed by atoms with Crippen molar-refractivity contribution in [1.29, 1.82) is 0 Å². The first-order chi connectivity index (χ1) is 9.35. The fraction of sp³-hybridized carbons (Fsp3) is 0.133. The van der Waals surface area contributed by atoms with Crippen molar-refractivity contribution in [1.82, 2.24) is 10.2 Å². The molecule has 0 radical (unpaired) electrons. The predicted molar refractivity (Wildman–Crippen MR) is 76.4 cm³/mol. The van der Waals surface area contributed by atoms with Gasteiger partial charge in [-0.25, -0.2) is 0 Å². The van der Waals surface area contributed by atoms with Crippen LogP contribution in [0.3, 0.4) is 0 Å². The van der Waals surface area contributed by atoms with Crippen LogP contribution >= 0.6 is 0 Å². The van der Waals surface area contributed by atoms with E-state index >= 15 is 0 Å². The Balaban J connectivity index is 1.70. The molecule has 0 saturated heterocycles.